The zero-order valence-corrected chi connectivity index (χ0v) is 15.2. The Labute approximate surface area is 152 Å². The Kier molecular flexibility index (Phi) is 4.97. The van der Waals surface area contributed by atoms with Gasteiger partial charge in [0.15, 0.2) is 0 Å². The van der Waals surface area contributed by atoms with Crippen molar-refractivity contribution < 1.29 is 4.79 Å². The maximum absolute atomic E-state index is 12.4. The number of nitrogens with zero attached hydrogens (tertiary/aromatic N) is 3. The summed E-state index contributed by atoms with van der Waals surface area (Å²) in [6.45, 7) is 2.52. The zero-order chi connectivity index (χ0) is 17.1. The van der Waals surface area contributed by atoms with E-state index in [9.17, 15) is 4.79 Å². The number of nitrogens with one attached hydrogen (secondary N) is 1. The first kappa shape index (κ1) is 16.5. The van der Waals surface area contributed by atoms with E-state index in [4.69, 9.17) is 4.98 Å². The van der Waals surface area contributed by atoms with E-state index in [0.29, 0.717) is 5.92 Å². The highest BCUT2D eigenvalue weighted by Crippen LogP contribution is 2.38. The van der Waals surface area contributed by atoms with Crippen LogP contribution in [0.4, 0.5) is 5.82 Å². The van der Waals surface area contributed by atoms with Crippen LogP contribution in [0.15, 0.2) is 29.8 Å². The van der Waals surface area contributed by atoms with Gasteiger partial charge in [0.05, 0.1) is 0 Å². The molecule has 2 aliphatic rings. The Bertz CT molecular complexity index is 706. The molecule has 0 atom stereocenters. The fourth-order valence-electron chi connectivity index (χ4n) is 3.36. The van der Waals surface area contributed by atoms with Gasteiger partial charge < -0.3 is 10.2 Å². The predicted molar refractivity (Wildman–Crippen MR) is 100.0 cm³/mol. The van der Waals surface area contributed by atoms with Gasteiger partial charge in [0.2, 0.25) is 5.91 Å². The first-order chi connectivity index (χ1) is 12.3. The fourth-order valence-corrected chi connectivity index (χ4v) is 4.07. The molecule has 0 spiro atoms. The molecule has 0 radical (unpaired) electrons. The minimum atomic E-state index is 0.129. The number of hydrogen-bond donors (Lipinski definition) is 1. The van der Waals surface area contributed by atoms with Crippen LogP contribution in [0.2, 0.25) is 0 Å². The van der Waals surface area contributed by atoms with Gasteiger partial charge in [-0.1, -0.05) is 6.07 Å². The topological polar surface area (TPSA) is 58.1 Å². The van der Waals surface area contributed by atoms with Crippen molar-refractivity contribution in [2.75, 3.05) is 24.5 Å². The number of aromatic nitrogens is 2. The van der Waals surface area contributed by atoms with Gasteiger partial charge in [-0.3, -0.25) is 4.79 Å². The third-order valence-corrected chi connectivity index (χ3v) is 5.98. The molecule has 1 aliphatic carbocycles. The molecular weight excluding hydrogens is 332 g/mol. The summed E-state index contributed by atoms with van der Waals surface area (Å²) < 4.78 is 0. The molecule has 0 aromatic carbocycles. The first-order valence-corrected chi connectivity index (χ1v) is 10.1. The van der Waals surface area contributed by atoms with Crippen LogP contribution in [0.3, 0.4) is 0 Å². The van der Waals surface area contributed by atoms with Crippen molar-refractivity contribution in [1.82, 2.24) is 15.3 Å². The minimum absolute atomic E-state index is 0.129. The monoisotopic (exact) mass is 356 g/mol. The number of amides is 1. The molecule has 2 aromatic heterocycles. The van der Waals surface area contributed by atoms with E-state index in [1.807, 2.05) is 12.3 Å². The van der Waals surface area contributed by atoms with Crippen LogP contribution in [0.5, 0.6) is 0 Å². The number of thiophene rings is 1. The maximum Gasteiger partial charge on any atom is 0.223 e. The smallest absolute Gasteiger partial charge is 0.223 e. The molecule has 1 N–H and O–H groups in total. The second kappa shape index (κ2) is 7.52. The third-order valence-electron chi connectivity index (χ3n) is 5.04. The standard InChI is InChI=1S/C19H24N4OS/c24-19(21-9-5-16-2-1-13-25-16)15-7-11-23(12-8-15)17-6-10-20-18(22-17)14-3-4-14/h1-2,6,10,13-15H,3-5,7-9,11-12H2,(H,21,24). The van der Waals surface area contributed by atoms with E-state index in [2.05, 4.69) is 32.7 Å². The second-order valence-corrected chi connectivity index (χ2v) is 7.96. The molecule has 132 valence electrons. The molecule has 0 unspecified atom stereocenters. The van der Waals surface area contributed by atoms with E-state index in [0.717, 1.165) is 50.5 Å². The quantitative estimate of drug-likeness (QED) is 0.864. The van der Waals surface area contributed by atoms with Gasteiger partial charge >= 0.3 is 0 Å². The highest BCUT2D eigenvalue weighted by atomic mass is 32.1. The number of piperidine rings is 1. The van der Waals surface area contributed by atoms with Gasteiger partial charge in [0, 0.05) is 42.5 Å². The molecule has 5 nitrogen and oxygen atoms in total. The number of hydrogen-bond acceptors (Lipinski definition) is 5. The lowest BCUT2D eigenvalue weighted by molar-refractivity contribution is -0.125. The Morgan fingerprint density at radius 2 is 2.08 bits per heavy atom. The SMILES string of the molecule is O=C(NCCc1cccs1)C1CCN(c2ccnc(C3CC3)n2)CC1. The second-order valence-electron chi connectivity index (χ2n) is 6.93. The molecule has 6 heteroatoms. The molecule has 1 aliphatic heterocycles. The average Bonchev–Trinajstić information content (AvgIpc) is 3.39. The summed E-state index contributed by atoms with van der Waals surface area (Å²) in [5.41, 5.74) is 0. The molecule has 0 bridgehead atoms. The number of carbonyl (C=O) groups is 1. The van der Waals surface area contributed by atoms with Gasteiger partial charge in [0.1, 0.15) is 11.6 Å². The van der Waals surface area contributed by atoms with Crippen LogP contribution in [-0.2, 0) is 11.2 Å². The number of anilines is 1. The summed E-state index contributed by atoms with van der Waals surface area (Å²) in [5, 5.41) is 5.18. The molecular formula is C19H24N4OS. The molecule has 2 aromatic rings. The molecule has 25 heavy (non-hydrogen) atoms. The lowest BCUT2D eigenvalue weighted by Crippen LogP contribution is -2.41. The van der Waals surface area contributed by atoms with E-state index in [1.165, 1.54) is 17.7 Å². The maximum atomic E-state index is 12.4. The van der Waals surface area contributed by atoms with Gasteiger partial charge in [0.25, 0.3) is 0 Å². The van der Waals surface area contributed by atoms with Gasteiger partial charge in [-0.25, -0.2) is 9.97 Å². The van der Waals surface area contributed by atoms with Crippen molar-refractivity contribution in [3.63, 3.8) is 0 Å². The van der Waals surface area contributed by atoms with Crippen LogP contribution in [0.25, 0.3) is 0 Å². The van der Waals surface area contributed by atoms with Crippen LogP contribution < -0.4 is 10.2 Å². The fraction of sp³-hybridized carbons (Fsp3) is 0.526. The number of rotatable bonds is 6. The first-order valence-electron chi connectivity index (χ1n) is 9.17. The predicted octanol–water partition coefficient (Wildman–Crippen LogP) is 2.99. The highest BCUT2D eigenvalue weighted by Gasteiger charge is 2.28. The molecule has 3 heterocycles. The number of carbonyl (C=O) groups excluding carboxylic acids is 1. The summed E-state index contributed by atoms with van der Waals surface area (Å²) in [6, 6.07) is 6.17. The van der Waals surface area contributed by atoms with E-state index in [-0.39, 0.29) is 11.8 Å². The zero-order valence-electron chi connectivity index (χ0n) is 14.4. The minimum Gasteiger partial charge on any atom is -0.356 e. The molecule has 4 rings (SSSR count). The third kappa shape index (κ3) is 4.18. The Balaban J connectivity index is 1.25. The Morgan fingerprint density at radius 3 is 2.80 bits per heavy atom. The van der Waals surface area contributed by atoms with Crippen molar-refractivity contribution in [1.29, 1.82) is 0 Å². The summed E-state index contributed by atoms with van der Waals surface area (Å²) in [7, 11) is 0. The lowest BCUT2D eigenvalue weighted by Gasteiger charge is -2.32. The van der Waals surface area contributed by atoms with E-state index in [1.54, 1.807) is 11.3 Å². The molecule has 1 saturated heterocycles. The molecule has 1 amide bonds. The summed E-state index contributed by atoms with van der Waals surface area (Å²) >= 11 is 1.75. The van der Waals surface area contributed by atoms with Crippen molar-refractivity contribution in [3.8, 4) is 0 Å². The summed E-state index contributed by atoms with van der Waals surface area (Å²) in [5.74, 6) is 2.92. The van der Waals surface area contributed by atoms with Gasteiger partial charge in [-0.05, 0) is 49.6 Å². The van der Waals surface area contributed by atoms with Gasteiger partial charge in [-0.2, -0.15) is 0 Å². The van der Waals surface area contributed by atoms with Gasteiger partial charge in [-0.15, -0.1) is 11.3 Å². The van der Waals surface area contributed by atoms with E-state index >= 15 is 0 Å². The van der Waals surface area contributed by atoms with Crippen molar-refractivity contribution in [2.24, 2.45) is 5.92 Å². The normalized spacial score (nSPS) is 18.3. The van der Waals surface area contributed by atoms with E-state index < -0.39 is 0 Å². The van der Waals surface area contributed by atoms with Crippen LogP contribution in [0, 0.1) is 5.92 Å². The van der Waals surface area contributed by atoms with Crippen molar-refractivity contribution >= 4 is 23.1 Å². The average molecular weight is 356 g/mol. The van der Waals surface area contributed by atoms with Crippen molar-refractivity contribution in [3.05, 3.63) is 40.5 Å². The highest BCUT2D eigenvalue weighted by molar-refractivity contribution is 7.09. The lowest BCUT2D eigenvalue weighted by atomic mass is 9.96. The van der Waals surface area contributed by atoms with Crippen molar-refractivity contribution in [2.45, 2.75) is 38.0 Å². The largest absolute Gasteiger partial charge is 0.356 e. The summed E-state index contributed by atoms with van der Waals surface area (Å²) in [6.07, 6.45) is 7.03. The van der Waals surface area contributed by atoms with Crippen LogP contribution >= 0.6 is 11.3 Å². The Morgan fingerprint density at radius 1 is 1.24 bits per heavy atom. The Hall–Kier alpha value is -1.95. The molecule has 1 saturated carbocycles. The summed E-state index contributed by atoms with van der Waals surface area (Å²) in [4.78, 5) is 25.1. The van der Waals surface area contributed by atoms with Crippen LogP contribution in [-0.4, -0.2) is 35.5 Å². The van der Waals surface area contributed by atoms with Crippen LogP contribution in [0.1, 0.15) is 42.3 Å². The molecule has 2 fully saturated rings.